The van der Waals surface area contributed by atoms with Gasteiger partial charge in [-0.3, -0.25) is 4.99 Å². The fourth-order valence-electron chi connectivity index (χ4n) is 1.73. The molecule has 106 valence electrons. The number of nitrogens with one attached hydrogen (secondary N) is 2. The first-order valence-corrected chi connectivity index (χ1v) is 7.00. The van der Waals surface area contributed by atoms with Crippen LogP contribution in [0.4, 0.5) is 0 Å². The molecule has 0 radical (unpaired) electrons. The van der Waals surface area contributed by atoms with E-state index in [9.17, 15) is 5.11 Å². The number of aliphatic imine (C=N–C) groups is 1. The highest BCUT2D eigenvalue weighted by Gasteiger charge is 2.05. The first-order valence-electron chi connectivity index (χ1n) is 7.00. The summed E-state index contributed by atoms with van der Waals surface area (Å²) in [6.45, 7) is 6.27. The van der Waals surface area contributed by atoms with Crippen LogP contribution in [-0.2, 0) is 6.42 Å². The van der Waals surface area contributed by atoms with Crippen molar-refractivity contribution in [2.45, 2.75) is 32.8 Å². The summed E-state index contributed by atoms with van der Waals surface area (Å²) in [7, 11) is 0. The van der Waals surface area contributed by atoms with Crippen LogP contribution in [0.5, 0.6) is 0 Å². The van der Waals surface area contributed by atoms with E-state index in [-0.39, 0.29) is 0 Å². The van der Waals surface area contributed by atoms with Crippen molar-refractivity contribution in [3.05, 3.63) is 35.9 Å². The zero-order chi connectivity index (χ0) is 13.9. The molecule has 0 heterocycles. The van der Waals surface area contributed by atoms with Crippen LogP contribution in [0.3, 0.4) is 0 Å². The van der Waals surface area contributed by atoms with E-state index >= 15 is 0 Å². The molecule has 4 heteroatoms. The van der Waals surface area contributed by atoms with E-state index < -0.39 is 6.10 Å². The molecule has 0 aliphatic heterocycles. The van der Waals surface area contributed by atoms with Gasteiger partial charge in [0.15, 0.2) is 5.96 Å². The van der Waals surface area contributed by atoms with Gasteiger partial charge in [-0.2, -0.15) is 0 Å². The number of hydrogen-bond donors (Lipinski definition) is 3. The van der Waals surface area contributed by atoms with Gasteiger partial charge in [0.2, 0.25) is 0 Å². The summed E-state index contributed by atoms with van der Waals surface area (Å²) < 4.78 is 0. The molecule has 1 unspecified atom stereocenters. The third kappa shape index (κ3) is 6.82. The van der Waals surface area contributed by atoms with Crippen LogP contribution in [0.15, 0.2) is 35.3 Å². The van der Waals surface area contributed by atoms with Gasteiger partial charge in [0, 0.05) is 19.5 Å². The lowest BCUT2D eigenvalue weighted by Crippen LogP contribution is -2.38. The molecule has 0 aromatic heterocycles. The molecule has 19 heavy (non-hydrogen) atoms. The van der Waals surface area contributed by atoms with E-state index in [0.717, 1.165) is 31.0 Å². The lowest BCUT2D eigenvalue weighted by atomic mass is 10.1. The minimum absolute atomic E-state index is 0.411. The third-order valence-corrected chi connectivity index (χ3v) is 2.66. The van der Waals surface area contributed by atoms with Gasteiger partial charge in [-0.1, -0.05) is 37.3 Å². The molecule has 1 rings (SSSR count). The first-order chi connectivity index (χ1) is 9.26. The van der Waals surface area contributed by atoms with Gasteiger partial charge in [0.1, 0.15) is 0 Å². The fourth-order valence-corrected chi connectivity index (χ4v) is 1.73. The van der Waals surface area contributed by atoms with Crippen LogP contribution >= 0.6 is 0 Å². The zero-order valence-corrected chi connectivity index (χ0v) is 11.9. The van der Waals surface area contributed by atoms with Crippen LogP contribution < -0.4 is 10.6 Å². The average Bonchev–Trinajstić information content (AvgIpc) is 2.43. The van der Waals surface area contributed by atoms with Crippen LogP contribution in [0.1, 0.15) is 25.8 Å². The highest BCUT2D eigenvalue weighted by molar-refractivity contribution is 5.79. The SMILES string of the molecule is CCCNC(=NCC(O)Cc1ccccc1)NCC. The molecule has 0 aliphatic carbocycles. The topological polar surface area (TPSA) is 56.7 Å². The van der Waals surface area contributed by atoms with Crippen LogP contribution in [0, 0.1) is 0 Å². The number of guanidine groups is 1. The van der Waals surface area contributed by atoms with Crippen molar-refractivity contribution >= 4 is 5.96 Å². The minimum atomic E-state index is -0.445. The second kappa shape index (κ2) is 9.39. The molecule has 0 fully saturated rings. The maximum Gasteiger partial charge on any atom is 0.191 e. The van der Waals surface area contributed by atoms with Gasteiger partial charge < -0.3 is 15.7 Å². The van der Waals surface area contributed by atoms with Gasteiger partial charge in [-0.15, -0.1) is 0 Å². The van der Waals surface area contributed by atoms with Crippen molar-refractivity contribution in [1.82, 2.24) is 10.6 Å². The van der Waals surface area contributed by atoms with Crippen LogP contribution in [0.25, 0.3) is 0 Å². The minimum Gasteiger partial charge on any atom is -0.391 e. The Morgan fingerprint density at radius 2 is 1.95 bits per heavy atom. The van der Waals surface area contributed by atoms with E-state index in [0.29, 0.717) is 13.0 Å². The van der Waals surface area contributed by atoms with Crippen molar-refractivity contribution in [2.75, 3.05) is 19.6 Å². The second-order valence-corrected chi connectivity index (χ2v) is 4.49. The molecule has 0 aliphatic rings. The van der Waals surface area contributed by atoms with E-state index in [1.165, 1.54) is 0 Å². The lowest BCUT2D eigenvalue weighted by molar-refractivity contribution is 0.183. The number of hydrogen-bond acceptors (Lipinski definition) is 2. The normalized spacial score (nSPS) is 13.1. The largest absolute Gasteiger partial charge is 0.391 e. The molecule has 0 amide bonds. The molecule has 1 aromatic carbocycles. The van der Waals surface area contributed by atoms with E-state index in [1.807, 2.05) is 37.3 Å². The van der Waals surface area contributed by atoms with E-state index in [4.69, 9.17) is 0 Å². The lowest BCUT2D eigenvalue weighted by Gasteiger charge is -2.12. The van der Waals surface area contributed by atoms with Crippen LogP contribution in [-0.4, -0.2) is 36.8 Å². The van der Waals surface area contributed by atoms with E-state index in [2.05, 4.69) is 22.5 Å². The predicted molar refractivity (Wildman–Crippen MR) is 80.4 cm³/mol. The Morgan fingerprint density at radius 1 is 1.21 bits per heavy atom. The molecular weight excluding hydrogens is 238 g/mol. The van der Waals surface area contributed by atoms with Crippen molar-refractivity contribution < 1.29 is 5.11 Å². The molecule has 1 aromatic rings. The summed E-state index contributed by atoms with van der Waals surface area (Å²) in [5.41, 5.74) is 1.14. The van der Waals surface area contributed by atoms with Gasteiger partial charge in [0.25, 0.3) is 0 Å². The van der Waals surface area contributed by atoms with E-state index in [1.54, 1.807) is 0 Å². The third-order valence-electron chi connectivity index (χ3n) is 2.66. The summed E-state index contributed by atoms with van der Waals surface area (Å²) in [5, 5.41) is 16.4. The molecule has 1 atom stereocenters. The summed E-state index contributed by atoms with van der Waals surface area (Å²) >= 11 is 0. The maximum absolute atomic E-state index is 9.98. The summed E-state index contributed by atoms with van der Waals surface area (Å²) in [6.07, 6.45) is 1.24. The molecule has 0 saturated carbocycles. The molecule has 3 N–H and O–H groups in total. The average molecular weight is 263 g/mol. The van der Waals surface area contributed by atoms with Gasteiger partial charge in [-0.05, 0) is 18.9 Å². The molecule has 0 saturated heterocycles. The zero-order valence-electron chi connectivity index (χ0n) is 11.9. The smallest absolute Gasteiger partial charge is 0.191 e. The quantitative estimate of drug-likeness (QED) is 0.517. The molecule has 4 nitrogen and oxygen atoms in total. The summed E-state index contributed by atoms with van der Waals surface area (Å²) in [5.74, 6) is 0.775. The number of rotatable bonds is 7. The Labute approximate surface area is 116 Å². The molecule has 0 spiro atoms. The monoisotopic (exact) mass is 263 g/mol. The maximum atomic E-state index is 9.98. The van der Waals surface area contributed by atoms with Crippen LogP contribution in [0.2, 0.25) is 0 Å². The Hall–Kier alpha value is -1.55. The Morgan fingerprint density at radius 3 is 2.58 bits per heavy atom. The highest BCUT2D eigenvalue weighted by Crippen LogP contribution is 2.03. The van der Waals surface area contributed by atoms with Gasteiger partial charge >= 0.3 is 0 Å². The standard InChI is InChI=1S/C15H25N3O/c1-3-10-17-15(16-4-2)18-12-14(19)11-13-8-6-5-7-9-13/h5-9,14,19H,3-4,10-12H2,1-2H3,(H2,16,17,18). The molecular formula is C15H25N3O. The van der Waals surface area contributed by atoms with Gasteiger partial charge in [-0.25, -0.2) is 0 Å². The highest BCUT2D eigenvalue weighted by atomic mass is 16.3. The number of aliphatic hydroxyl groups is 1. The molecule has 0 bridgehead atoms. The summed E-state index contributed by atoms with van der Waals surface area (Å²) in [6, 6.07) is 9.99. The number of nitrogens with zero attached hydrogens (tertiary/aromatic N) is 1. The summed E-state index contributed by atoms with van der Waals surface area (Å²) in [4.78, 5) is 4.39. The Bertz CT molecular complexity index is 365. The Balaban J connectivity index is 2.42. The fraction of sp³-hybridized carbons (Fsp3) is 0.533. The predicted octanol–water partition coefficient (Wildman–Crippen LogP) is 1.56. The van der Waals surface area contributed by atoms with Crippen molar-refractivity contribution in [1.29, 1.82) is 0 Å². The van der Waals surface area contributed by atoms with Crippen molar-refractivity contribution in [2.24, 2.45) is 4.99 Å². The first kappa shape index (κ1) is 15.5. The second-order valence-electron chi connectivity index (χ2n) is 4.49. The number of benzene rings is 1. The van der Waals surface area contributed by atoms with Crippen molar-refractivity contribution in [3.8, 4) is 0 Å². The Kier molecular flexibility index (Phi) is 7.66. The number of aliphatic hydroxyl groups excluding tert-OH is 1. The van der Waals surface area contributed by atoms with Crippen molar-refractivity contribution in [3.63, 3.8) is 0 Å². The van der Waals surface area contributed by atoms with Gasteiger partial charge in [0.05, 0.1) is 12.6 Å².